The highest BCUT2D eigenvalue weighted by atomic mass is 16.3. The van der Waals surface area contributed by atoms with Crippen molar-refractivity contribution < 1.29 is 5.11 Å². The van der Waals surface area contributed by atoms with E-state index in [2.05, 4.69) is 44.9 Å². The first-order chi connectivity index (χ1) is 9.54. The molecule has 2 rings (SSSR count). The fourth-order valence-corrected chi connectivity index (χ4v) is 2.59. The highest BCUT2D eigenvalue weighted by Crippen LogP contribution is 2.30. The van der Waals surface area contributed by atoms with Crippen LogP contribution in [-0.2, 0) is 6.42 Å². The first-order valence-electron chi connectivity index (χ1n) is 7.42. The van der Waals surface area contributed by atoms with Crippen molar-refractivity contribution in [2.24, 2.45) is 0 Å². The van der Waals surface area contributed by atoms with Gasteiger partial charge in [0.1, 0.15) is 0 Å². The molecule has 2 aromatic rings. The highest BCUT2D eigenvalue weighted by molar-refractivity contribution is 5.42. The van der Waals surface area contributed by atoms with Crippen LogP contribution in [0.5, 0.6) is 5.88 Å². The Kier molecular flexibility index (Phi) is 4.48. The summed E-state index contributed by atoms with van der Waals surface area (Å²) in [6.45, 7) is 8.54. The number of nitrogens with zero attached hydrogens (tertiary/aromatic N) is 2. The molecule has 0 saturated carbocycles. The number of aromatic nitrogens is 2. The number of unbranched alkanes of at least 4 members (excludes halogenated alkanes) is 1. The predicted octanol–water partition coefficient (Wildman–Crippen LogP) is 4.35. The largest absolute Gasteiger partial charge is 0.492 e. The standard InChI is InChI=1S/C17H24N2O/c1-5-6-10-15-16(12(2)3)19(18-17(15)20)14-9-7-8-13(4)11-14/h7-9,11-12H,5-6,10H2,1-4H3,(H,18,20). The minimum atomic E-state index is 0.184. The van der Waals surface area contributed by atoms with Crippen LogP contribution in [0.1, 0.15) is 56.4 Å². The summed E-state index contributed by atoms with van der Waals surface area (Å²) in [5.41, 5.74) is 4.35. The van der Waals surface area contributed by atoms with Gasteiger partial charge in [0.15, 0.2) is 0 Å². The minimum Gasteiger partial charge on any atom is -0.492 e. The molecule has 0 saturated heterocycles. The van der Waals surface area contributed by atoms with Gasteiger partial charge in [-0.05, 0) is 43.4 Å². The maximum Gasteiger partial charge on any atom is 0.234 e. The van der Waals surface area contributed by atoms with Crippen molar-refractivity contribution in [3.05, 3.63) is 41.1 Å². The lowest BCUT2D eigenvalue weighted by Crippen LogP contribution is -2.05. The molecule has 0 amide bonds. The average molecular weight is 272 g/mol. The number of aromatic hydroxyl groups is 1. The van der Waals surface area contributed by atoms with Gasteiger partial charge in [-0.1, -0.05) is 39.3 Å². The van der Waals surface area contributed by atoms with Gasteiger partial charge in [0.25, 0.3) is 0 Å². The molecule has 0 unspecified atom stereocenters. The second kappa shape index (κ2) is 6.12. The third kappa shape index (κ3) is 2.87. The van der Waals surface area contributed by atoms with E-state index in [1.165, 1.54) is 5.56 Å². The van der Waals surface area contributed by atoms with Crippen molar-refractivity contribution in [2.45, 2.75) is 52.9 Å². The number of aryl methyl sites for hydroxylation is 1. The van der Waals surface area contributed by atoms with Crippen LogP contribution in [0.3, 0.4) is 0 Å². The Hall–Kier alpha value is -1.77. The summed E-state index contributed by atoms with van der Waals surface area (Å²) < 4.78 is 1.90. The number of rotatable bonds is 5. The maximum absolute atomic E-state index is 10.2. The van der Waals surface area contributed by atoms with Crippen molar-refractivity contribution >= 4 is 0 Å². The van der Waals surface area contributed by atoms with E-state index < -0.39 is 0 Å². The van der Waals surface area contributed by atoms with Crippen molar-refractivity contribution in [2.75, 3.05) is 0 Å². The van der Waals surface area contributed by atoms with Gasteiger partial charge < -0.3 is 5.11 Å². The normalized spacial score (nSPS) is 11.2. The third-order valence-electron chi connectivity index (χ3n) is 3.58. The van der Waals surface area contributed by atoms with E-state index in [9.17, 15) is 5.11 Å². The van der Waals surface area contributed by atoms with E-state index in [0.29, 0.717) is 5.92 Å². The Morgan fingerprint density at radius 3 is 2.65 bits per heavy atom. The van der Waals surface area contributed by atoms with E-state index in [4.69, 9.17) is 0 Å². The van der Waals surface area contributed by atoms with E-state index in [-0.39, 0.29) is 5.88 Å². The molecule has 1 heterocycles. The molecule has 0 spiro atoms. The SMILES string of the molecule is CCCCc1c(O)nn(-c2cccc(C)c2)c1C(C)C. The fourth-order valence-electron chi connectivity index (χ4n) is 2.59. The molecule has 0 aliphatic rings. The quantitative estimate of drug-likeness (QED) is 0.878. The molecular weight excluding hydrogens is 248 g/mol. The molecule has 0 aliphatic carbocycles. The number of hydrogen-bond donors (Lipinski definition) is 1. The highest BCUT2D eigenvalue weighted by Gasteiger charge is 2.20. The van der Waals surface area contributed by atoms with Crippen LogP contribution < -0.4 is 0 Å². The van der Waals surface area contributed by atoms with E-state index in [1.54, 1.807) is 0 Å². The van der Waals surface area contributed by atoms with Gasteiger partial charge in [-0.25, -0.2) is 4.68 Å². The fraction of sp³-hybridized carbons (Fsp3) is 0.471. The van der Waals surface area contributed by atoms with Crippen LogP contribution in [0.4, 0.5) is 0 Å². The summed E-state index contributed by atoms with van der Waals surface area (Å²) in [6, 6.07) is 8.23. The van der Waals surface area contributed by atoms with Crippen LogP contribution in [0.25, 0.3) is 5.69 Å². The second-order valence-corrected chi connectivity index (χ2v) is 5.70. The van der Waals surface area contributed by atoms with Crippen LogP contribution in [0.15, 0.2) is 24.3 Å². The second-order valence-electron chi connectivity index (χ2n) is 5.70. The Morgan fingerprint density at radius 2 is 2.05 bits per heavy atom. The molecular formula is C17H24N2O. The first kappa shape index (κ1) is 14.6. The molecule has 0 fully saturated rings. The van der Waals surface area contributed by atoms with Crippen molar-refractivity contribution in [3.63, 3.8) is 0 Å². The van der Waals surface area contributed by atoms with Gasteiger partial charge in [-0.2, -0.15) is 0 Å². The Labute approximate surface area is 121 Å². The molecule has 3 nitrogen and oxygen atoms in total. The van der Waals surface area contributed by atoms with E-state index >= 15 is 0 Å². The molecule has 0 radical (unpaired) electrons. The molecule has 0 bridgehead atoms. The molecule has 20 heavy (non-hydrogen) atoms. The summed E-state index contributed by atoms with van der Waals surface area (Å²) in [5, 5.41) is 14.6. The molecule has 1 N–H and O–H groups in total. The smallest absolute Gasteiger partial charge is 0.234 e. The van der Waals surface area contributed by atoms with Gasteiger partial charge in [-0.15, -0.1) is 5.10 Å². The van der Waals surface area contributed by atoms with Crippen molar-refractivity contribution in [3.8, 4) is 11.6 Å². The van der Waals surface area contributed by atoms with Gasteiger partial charge in [0.2, 0.25) is 5.88 Å². The van der Waals surface area contributed by atoms with Crippen molar-refractivity contribution in [1.29, 1.82) is 0 Å². The predicted molar refractivity (Wildman–Crippen MR) is 82.7 cm³/mol. The zero-order chi connectivity index (χ0) is 14.7. The zero-order valence-electron chi connectivity index (χ0n) is 12.8. The van der Waals surface area contributed by atoms with E-state index in [0.717, 1.165) is 36.2 Å². The maximum atomic E-state index is 10.2. The molecule has 0 aliphatic heterocycles. The number of hydrogen-bond acceptors (Lipinski definition) is 2. The molecule has 1 aromatic heterocycles. The summed E-state index contributed by atoms with van der Waals surface area (Å²) in [6.07, 6.45) is 3.08. The Balaban J connectivity index is 2.53. The molecule has 1 aromatic carbocycles. The first-order valence-corrected chi connectivity index (χ1v) is 7.42. The zero-order valence-corrected chi connectivity index (χ0v) is 12.8. The van der Waals surface area contributed by atoms with Crippen LogP contribution in [-0.4, -0.2) is 14.9 Å². The molecule has 0 atom stereocenters. The Morgan fingerprint density at radius 1 is 1.30 bits per heavy atom. The van der Waals surface area contributed by atoms with Crippen molar-refractivity contribution in [1.82, 2.24) is 9.78 Å². The topological polar surface area (TPSA) is 38.1 Å². The van der Waals surface area contributed by atoms with Crippen LogP contribution >= 0.6 is 0 Å². The summed E-state index contributed by atoms with van der Waals surface area (Å²) in [7, 11) is 0. The summed E-state index contributed by atoms with van der Waals surface area (Å²) in [4.78, 5) is 0. The Bertz CT molecular complexity index is 585. The lowest BCUT2D eigenvalue weighted by Gasteiger charge is -2.12. The van der Waals surface area contributed by atoms with Gasteiger partial charge in [-0.3, -0.25) is 0 Å². The lowest BCUT2D eigenvalue weighted by atomic mass is 10.0. The summed E-state index contributed by atoms with van der Waals surface area (Å²) in [5.74, 6) is 0.513. The van der Waals surface area contributed by atoms with Crippen LogP contribution in [0, 0.1) is 6.92 Å². The average Bonchev–Trinajstić information content (AvgIpc) is 2.73. The van der Waals surface area contributed by atoms with Gasteiger partial charge >= 0.3 is 0 Å². The van der Waals surface area contributed by atoms with Gasteiger partial charge in [0.05, 0.1) is 11.4 Å². The van der Waals surface area contributed by atoms with Crippen LogP contribution in [0.2, 0.25) is 0 Å². The number of benzene rings is 1. The molecule has 108 valence electrons. The van der Waals surface area contributed by atoms with Gasteiger partial charge in [0, 0.05) is 5.56 Å². The third-order valence-corrected chi connectivity index (χ3v) is 3.58. The van der Waals surface area contributed by atoms with E-state index in [1.807, 2.05) is 16.8 Å². The molecule has 3 heteroatoms. The monoisotopic (exact) mass is 272 g/mol. The summed E-state index contributed by atoms with van der Waals surface area (Å²) >= 11 is 0. The minimum absolute atomic E-state index is 0.184. The lowest BCUT2D eigenvalue weighted by molar-refractivity contribution is 0.441.